The van der Waals surface area contributed by atoms with Gasteiger partial charge in [-0.3, -0.25) is 19.1 Å². The quantitative estimate of drug-likeness (QED) is 0.593. The number of nitrogens with zero attached hydrogens (tertiary/aromatic N) is 2. The minimum absolute atomic E-state index is 0.101. The molecule has 24 heavy (non-hydrogen) atoms. The molecule has 0 aliphatic carbocycles. The van der Waals surface area contributed by atoms with Gasteiger partial charge in [-0.15, -0.1) is 0 Å². The second-order valence-corrected chi connectivity index (χ2v) is 6.98. The summed E-state index contributed by atoms with van der Waals surface area (Å²) in [5.74, 6) is -0.509. The van der Waals surface area contributed by atoms with E-state index in [0.29, 0.717) is 12.8 Å². The maximum absolute atomic E-state index is 12.4. The maximum Gasteiger partial charge on any atom is 0.311 e. The summed E-state index contributed by atoms with van der Waals surface area (Å²) < 4.78 is 7.28. The van der Waals surface area contributed by atoms with E-state index < -0.39 is 40.9 Å². The van der Waals surface area contributed by atoms with Crippen LogP contribution in [0.25, 0.3) is 10.3 Å². The van der Waals surface area contributed by atoms with Gasteiger partial charge in [-0.1, -0.05) is 18.3 Å². The van der Waals surface area contributed by atoms with Crippen LogP contribution in [0, 0.1) is 5.92 Å². The Labute approximate surface area is 140 Å². The number of anilines is 1. The van der Waals surface area contributed by atoms with Gasteiger partial charge in [0.05, 0.1) is 18.3 Å². The van der Waals surface area contributed by atoms with E-state index in [2.05, 4.69) is 9.97 Å². The number of thiazole rings is 1. The zero-order valence-corrected chi connectivity index (χ0v) is 14.1. The van der Waals surface area contributed by atoms with Crippen molar-refractivity contribution in [2.24, 2.45) is 5.92 Å². The minimum atomic E-state index is -0.814. The van der Waals surface area contributed by atoms with E-state index in [4.69, 9.17) is 10.5 Å². The molecule has 0 aromatic carbocycles. The molecule has 0 spiro atoms. The Morgan fingerprint density at radius 3 is 2.83 bits per heavy atom. The molecule has 2 aromatic rings. The highest BCUT2D eigenvalue weighted by atomic mass is 32.1. The van der Waals surface area contributed by atoms with Crippen LogP contribution in [0.4, 0.5) is 5.95 Å². The lowest BCUT2D eigenvalue weighted by Crippen LogP contribution is -2.30. The Morgan fingerprint density at radius 2 is 2.21 bits per heavy atom. The number of nitrogen functional groups attached to an aromatic ring is 1. The molecule has 1 aliphatic heterocycles. The van der Waals surface area contributed by atoms with Crippen molar-refractivity contribution < 1.29 is 14.9 Å². The highest BCUT2D eigenvalue weighted by Gasteiger charge is 2.43. The summed E-state index contributed by atoms with van der Waals surface area (Å²) in [6, 6.07) is 0. The summed E-state index contributed by atoms with van der Waals surface area (Å²) in [4.78, 5) is 30.4. The van der Waals surface area contributed by atoms with Gasteiger partial charge >= 0.3 is 4.87 Å². The first-order valence-corrected chi connectivity index (χ1v) is 8.57. The van der Waals surface area contributed by atoms with E-state index in [1.54, 1.807) is 6.92 Å². The van der Waals surface area contributed by atoms with Crippen LogP contribution in [0.1, 0.15) is 32.9 Å². The van der Waals surface area contributed by atoms with Crippen LogP contribution in [-0.4, -0.2) is 43.1 Å². The largest absolute Gasteiger partial charge is 0.393 e. The molecular weight excluding hydrogens is 336 g/mol. The van der Waals surface area contributed by atoms with Gasteiger partial charge in [-0.25, -0.2) is 0 Å². The van der Waals surface area contributed by atoms with E-state index >= 15 is 0 Å². The lowest BCUT2D eigenvalue weighted by atomic mass is 9.95. The second-order valence-electron chi connectivity index (χ2n) is 6.02. The molecule has 3 heterocycles. The summed E-state index contributed by atoms with van der Waals surface area (Å²) in [7, 11) is 0. The van der Waals surface area contributed by atoms with Crippen LogP contribution in [-0.2, 0) is 4.74 Å². The van der Waals surface area contributed by atoms with Crippen molar-refractivity contribution in [1.29, 1.82) is 0 Å². The van der Waals surface area contributed by atoms with Gasteiger partial charge < -0.3 is 20.7 Å². The predicted molar refractivity (Wildman–Crippen MR) is 88.9 cm³/mol. The van der Waals surface area contributed by atoms with Crippen molar-refractivity contribution in [1.82, 2.24) is 14.5 Å². The van der Waals surface area contributed by atoms with Crippen molar-refractivity contribution in [3.05, 3.63) is 20.0 Å². The zero-order valence-electron chi connectivity index (χ0n) is 13.3. The van der Waals surface area contributed by atoms with Crippen LogP contribution < -0.4 is 16.2 Å². The van der Waals surface area contributed by atoms with Crippen LogP contribution in [0.15, 0.2) is 9.59 Å². The van der Waals surface area contributed by atoms with Gasteiger partial charge in [0, 0.05) is 5.92 Å². The average molecular weight is 356 g/mol. The fourth-order valence-electron chi connectivity index (χ4n) is 3.09. The van der Waals surface area contributed by atoms with Crippen LogP contribution >= 0.6 is 11.3 Å². The van der Waals surface area contributed by atoms with Crippen molar-refractivity contribution in [2.75, 3.05) is 5.73 Å². The Kier molecular flexibility index (Phi) is 4.47. The number of H-pyrrole nitrogens is 1. The third-order valence-electron chi connectivity index (χ3n) is 4.40. The van der Waals surface area contributed by atoms with Crippen molar-refractivity contribution in [3.63, 3.8) is 0 Å². The zero-order chi connectivity index (χ0) is 17.6. The van der Waals surface area contributed by atoms with Crippen molar-refractivity contribution >= 4 is 27.6 Å². The molecule has 1 fully saturated rings. The van der Waals surface area contributed by atoms with Gasteiger partial charge in [0.25, 0.3) is 5.56 Å². The van der Waals surface area contributed by atoms with Crippen molar-refractivity contribution in [2.45, 2.75) is 51.2 Å². The number of aromatic amines is 1. The first-order chi connectivity index (χ1) is 11.3. The molecule has 10 heteroatoms. The number of ether oxygens (including phenoxy) is 1. The predicted octanol–water partition coefficient (Wildman–Crippen LogP) is -0.216. The van der Waals surface area contributed by atoms with Gasteiger partial charge in [0.2, 0.25) is 5.95 Å². The van der Waals surface area contributed by atoms with Crippen LogP contribution in [0.5, 0.6) is 0 Å². The number of nitrogens with one attached hydrogen (secondary N) is 1. The highest BCUT2D eigenvalue weighted by Crippen LogP contribution is 2.39. The van der Waals surface area contributed by atoms with E-state index in [1.807, 2.05) is 6.92 Å². The van der Waals surface area contributed by atoms with E-state index in [-0.39, 0.29) is 16.3 Å². The molecular formula is C14H20N4O5S. The molecule has 5 N–H and O–H groups in total. The Balaban J connectivity index is 2.13. The molecule has 132 valence electrons. The molecule has 0 amide bonds. The van der Waals surface area contributed by atoms with Crippen LogP contribution in [0.2, 0.25) is 0 Å². The molecule has 0 radical (unpaired) electrons. The molecule has 3 rings (SSSR count). The number of fused-ring (bicyclic) bond motifs is 1. The Morgan fingerprint density at radius 1 is 1.50 bits per heavy atom. The number of nitrogens with two attached hydrogens (primary N) is 1. The summed E-state index contributed by atoms with van der Waals surface area (Å²) in [6.45, 7) is 3.43. The Hall–Kier alpha value is -1.75. The first-order valence-electron chi connectivity index (χ1n) is 7.75. The average Bonchev–Trinajstić information content (AvgIpc) is 3.07. The number of aliphatic hydroxyl groups is 2. The number of hydrogen-bond acceptors (Lipinski definition) is 8. The molecule has 5 atom stereocenters. The monoisotopic (exact) mass is 356 g/mol. The van der Waals surface area contributed by atoms with Gasteiger partial charge in [0.15, 0.2) is 5.65 Å². The van der Waals surface area contributed by atoms with Gasteiger partial charge in [-0.2, -0.15) is 4.98 Å². The third-order valence-corrected chi connectivity index (χ3v) is 5.34. The molecule has 1 aliphatic rings. The number of aliphatic hydroxyl groups excluding tert-OH is 2. The summed E-state index contributed by atoms with van der Waals surface area (Å²) in [5, 5.41) is 20.1. The SMILES string of the molecule is CCC(O)[C@@H]1C[C@@H](C(C)O)[C@H](n2c(=O)sc3c(=O)[nH]c(N)nc32)O1. The molecule has 2 aromatic heterocycles. The number of hydrogen-bond donors (Lipinski definition) is 4. The molecule has 2 unspecified atom stereocenters. The number of aromatic nitrogens is 3. The normalized spacial score (nSPS) is 26.8. The smallest absolute Gasteiger partial charge is 0.311 e. The van der Waals surface area contributed by atoms with E-state index in [9.17, 15) is 19.8 Å². The van der Waals surface area contributed by atoms with Crippen molar-refractivity contribution in [3.8, 4) is 0 Å². The standard InChI is InChI=1S/C14H20N4O5S/c1-3-7(20)8-4-6(5(2)19)12(23-8)18-10-9(24-14(18)22)11(21)17-13(15)16-10/h5-8,12,19-20H,3-4H2,1-2H3,(H3,15,16,17,21)/t5?,6-,7?,8-,12+/m0/s1. The molecule has 0 bridgehead atoms. The van der Waals surface area contributed by atoms with Gasteiger partial charge in [0.1, 0.15) is 10.9 Å². The lowest BCUT2D eigenvalue weighted by Gasteiger charge is -2.22. The Bertz CT molecular complexity index is 857. The molecule has 0 saturated carbocycles. The summed E-state index contributed by atoms with van der Waals surface area (Å²) in [5.41, 5.74) is 5.23. The fraction of sp³-hybridized carbons (Fsp3) is 0.643. The van der Waals surface area contributed by atoms with Crippen LogP contribution in [0.3, 0.4) is 0 Å². The fourth-order valence-corrected chi connectivity index (χ4v) is 3.93. The number of rotatable bonds is 4. The van der Waals surface area contributed by atoms with Gasteiger partial charge in [-0.05, 0) is 19.8 Å². The van der Waals surface area contributed by atoms with E-state index in [0.717, 1.165) is 11.3 Å². The van der Waals surface area contributed by atoms with E-state index in [1.165, 1.54) is 4.57 Å². The second kappa shape index (κ2) is 6.28. The minimum Gasteiger partial charge on any atom is -0.393 e. The summed E-state index contributed by atoms with van der Waals surface area (Å²) in [6.07, 6.45) is -1.87. The maximum atomic E-state index is 12.4. The third kappa shape index (κ3) is 2.75. The highest BCUT2D eigenvalue weighted by molar-refractivity contribution is 7.16. The first kappa shape index (κ1) is 17.1. The molecule has 1 saturated heterocycles. The lowest BCUT2D eigenvalue weighted by molar-refractivity contribution is -0.0733. The summed E-state index contributed by atoms with van der Waals surface area (Å²) >= 11 is 0.752. The molecule has 9 nitrogen and oxygen atoms in total. The topological polar surface area (TPSA) is 143 Å².